The normalized spacial score (nSPS) is 38.3. The Morgan fingerprint density at radius 1 is 1.06 bits per heavy atom. The Kier molecular flexibility index (Phi) is 2.67. The van der Waals surface area contributed by atoms with Crippen LogP contribution in [-0.4, -0.2) is 12.2 Å². The highest BCUT2D eigenvalue weighted by Gasteiger charge is 2.38. The topological polar surface area (TPSA) is 50.1 Å². The summed E-state index contributed by atoms with van der Waals surface area (Å²) in [4.78, 5) is 0. The van der Waals surface area contributed by atoms with E-state index in [4.69, 9.17) is 5.73 Å². The van der Waals surface area contributed by atoms with Gasteiger partial charge in [0.25, 0.3) is 0 Å². The molecule has 0 bridgehead atoms. The molecule has 3 heteroatoms. The second-order valence-corrected chi connectivity index (χ2v) is 5.01. The predicted molar refractivity (Wildman–Crippen MR) is 64.6 cm³/mol. The van der Waals surface area contributed by atoms with Crippen LogP contribution in [0.2, 0.25) is 0 Å². The largest absolute Gasteiger partial charge is 0.315 e. The number of hydrogen-bond donors (Lipinski definition) is 3. The zero-order chi connectivity index (χ0) is 11.0. The Labute approximate surface area is 96.4 Å². The number of nitrogens with one attached hydrogen (secondary N) is 2. The summed E-state index contributed by atoms with van der Waals surface area (Å²) in [7, 11) is 0. The standard InChI is InChI=1S/C13H19N3/c14-13-11-7-6-10(8-12(11)15-16-13)9-4-2-1-3-5-9/h1-5,10-13,15-16H,6-8,14H2. The fraction of sp³-hybridized carbons (Fsp3) is 0.538. The van der Waals surface area contributed by atoms with Crippen LogP contribution in [0.5, 0.6) is 0 Å². The molecule has 1 heterocycles. The molecule has 1 aromatic rings. The van der Waals surface area contributed by atoms with Gasteiger partial charge in [-0.15, -0.1) is 0 Å². The molecule has 1 aliphatic heterocycles. The lowest BCUT2D eigenvalue weighted by Crippen LogP contribution is -2.39. The van der Waals surface area contributed by atoms with Crippen LogP contribution in [0.25, 0.3) is 0 Å². The zero-order valence-electron chi connectivity index (χ0n) is 9.39. The van der Waals surface area contributed by atoms with Crippen molar-refractivity contribution in [2.75, 3.05) is 0 Å². The first kappa shape index (κ1) is 10.3. The van der Waals surface area contributed by atoms with Crippen molar-refractivity contribution in [1.29, 1.82) is 0 Å². The lowest BCUT2D eigenvalue weighted by Gasteiger charge is -2.32. The van der Waals surface area contributed by atoms with Gasteiger partial charge in [-0.2, -0.15) is 0 Å². The van der Waals surface area contributed by atoms with Gasteiger partial charge in [-0.25, -0.2) is 5.43 Å². The Morgan fingerprint density at radius 2 is 1.88 bits per heavy atom. The highest BCUT2D eigenvalue weighted by atomic mass is 15.5. The molecule has 0 amide bonds. The molecule has 4 N–H and O–H groups in total. The van der Waals surface area contributed by atoms with Crippen LogP contribution in [0, 0.1) is 5.92 Å². The third kappa shape index (κ3) is 1.75. The third-order valence-corrected chi connectivity index (χ3v) is 4.07. The van der Waals surface area contributed by atoms with Crippen LogP contribution in [0.1, 0.15) is 30.7 Å². The number of nitrogens with two attached hydrogens (primary N) is 1. The van der Waals surface area contributed by atoms with Gasteiger partial charge in [-0.3, -0.25) is 5.43 Å². The summed E-state index contributed by atoms with van der Waals surface area (Å²) in [5, 5.41) is 0. The summed E-state index contributed by atoms with van der Waals surface area (Å²) in [5.74, 6) is 1.31. The van der Waals surface area contributed by atoms with Crippen LogP contribution in [0.15, 0.2) is 30.3 Å². The predicted octanol–water partition coefficient (Wildman–Crippen LogP) is 1.33. The number of rotatable bonds is 1. The molecule has 16 heavy (non-hydrogen) atoms. The van der Waals surface area contributed by atoms with Crippen molar-refractivity contribution in [2.45, 2.75) is 37.4 Å². The first-order chi connectivity index (χ1) is 7.84. The van der Waals surface area contributed by atoms with Gasteiger partial charge in [0.15, 0.2) is 0 Å². The van der Waals surface area contributed by atoms with Gasteiger partial charge >= 0.3 is 0 Å². The molecule has 3 nitrogen and oxygen atoms in total. The summed E-state index contributed by atoms with van der Waals surface area (Å²) in [6, 6.07) is 11.4. The molecule has 0 spiro atoms. The van der Waals surface area contributed by atoms with Gasteiger partial charge in [0.1, 0.15) is 0 Å². The summed E-state index contributed by atoms with van der Waals surface area (Å²) < 4.78 is 0. The molecule has 1 aromatic carbocycles. The van der Waals surface area contributed by atoms with Crippen molar-refractivity contribution in [3.63, 3.8) is 0 Å². The van der Waals surface area contributed by atoms with Crippen molar-refractivity contribution >= 4 is 0 Å². The summed E-state index contributed by atoms with van der Waals surface area (Å²) in [5.41, 5.74) is 14.0. The number of benzene rings is 1. The highest BCUT2D eigenvalue weighted by molar-refractivity contribution is 5.21. The maximum Gasteiger partial charge on any atom is 0.0723 e. The monoisotopic (exact) mass is 217 g/mol. The van der Waals surface area contributed by atoms with E-state index in [-0.39, 0.29) is 6.17 Å². The SMILES string of the molecule is NC1NNC2CC(c3ccccc3)CCC12. The molecule has 86 valence electrons. The molecule has 0 radical (unpaired) electrons. The van der Waals surface area contributed by atoms with Gasteiger partial charge in [0.2, 0.25) is 0 Å². The molecule has 1 saturated carbocycles. The summed E-state index contributed by atoms with van der Waals surface area (Å²) >= 11 is 0. The number of hydrogen-bond acceptors (Lipinski definition) is 3. The molecule has 0 aromatic heterocycles. The Bertz CT molecular complexity index is 351. The summed E-state index contributed by atoms with van der Waals surface area (Å²) in [6.45, 7) is 0. The van der Waals surface area contributed by atoms with E-state index >= 15 is 0 Å². The number of hydrazine groups is 1. The molecule has 2 aliphatic rings. The van der Waals surface area contributed by atoms with Crippen LogP contribution < -0.4 is 16.6 Å². The van der Waals surface area contributed by atoms with Crippen LogP contribution in [0.4, 0.5) is 0 Å². The van der Waals surface area contributed by atoms with Gasteiger partial charge in [-0.05, 0) is 30.7 Å². The van der Waals surface area contributed by atoms with E-state index < -0.39 is 0 Å². The Morgan fingerprint density at radius 3 is 2.69 bits per heavy atom. The highest BCUT2D eigenvalue weighted by Crippen LogP contribution is 2.37. The van der Waals surface area contributed by atoms with Crippen LogP contribution in [-0.2, 0) is 0 Å². The first-order valence-electron chi connectivity index (χ1n) is 6.16. The third-order valence-electron chi connectivity index (χ3n) is 4.07. The average Bonchev–Trinajstić information content (AvgIpc) is 2.72. The van der Waals surface area contributed by atoms with E-state index in [1.165, 1.54) is 24.8 Å². The Balaban J connectivity index is 1.73. The quantitative estimate of drug-likeness (QED) is 0.665. The number of fused-ring (bicyclic) bond motifs is 1. The zero-order valence-corrected chi connectivity index (χ0v) is 9.39. The lowest BCUT2D eigenvalue weighted by molar-refractivity contribution is 0.281. The molecule has 1 aliphatic carbocycles. The fourth-order valence-corrected chi connectivity index (χ4v) is 3.13. The first-order valence-corrected chi connectivity index (χ1v) is 6.16. The van der Waals surface area contributed by atoms with E-state index in [0.717, 1.165) is 0 Å². The maximum atomic E-state index is 6.00. The van der Waals surface area contributed by atoms with E-state index in [1.54, 1.807) is 0 Å². The lowest BCUT2D eigenvalue weighted by atomic mass is 9.75. The van der Waals surface area contributed by atoms with Gasteiger partial charge in [-0.1, -0.05) is 30.3 Å². The van der Waals surface area contributed by atoms with Crippen molar-refractivity contribution in [3.8, 4) is 0 Å². The molecule has 4 unspecified atom stereocenters. The molecule has 1 saturated heterocycles. The van der Waals surface area contributed by atoms with Gasteiger partial charge < -0.3 is 5.73 Å². The molecular weight excluding hydrogens is 198 g/mol. The van der Waals surface area contributed by atoms with Crippen molar-refractivity contribution < 1.29 is 0 Å². The maximum absolute atomic E-state index is 6.00. The van der Waals surface area contributed by atoms with E-state index in [1.807, 2.05) is 0 Å². The average molecular weight is 217 g/mol. The fourth-order valence-electron chi connectivity index (χ4n) is 3.13. The van der Waals surface area contributed by atoms with Gasteiger partial charge in [0, 0.05) is 12.0 Å². The second kappa shape index (κ2) is 4.17. The van der Waals surface area contributed by atoms with Crippen molar-refractivity contribution in [2.24, 2.45) is 11.7 Å². The van der Waals surface area contributed by atoms with E-state index in [9.17, 15) is 0 Å². The van der Waals surface area contributed by atoms with Crippen molar-refractivity contribution in [1.82, 2.24) is 10.9 Å². The molecule has 2 fully saturated rings. The minimum atomic E-state index is 0.140. The van der Waals surface area contributed by atoms with Crippen LogP contribution in [0.3, 0.4) is 0 Å². The molecule has 4 atom stereocenters. The van der Waals surface area contributed by atoms with Crippen molar-refractivity contribution in [3.05, 3.63) is 35.9 Å². The molecular formula is C13H19N3. The smallest absolute Gasteiger partial charge is 0.0723 e. The second-order valence-electron chi connectivity index (χ2n) is 5.01. The summed E-state index contributed by atoms with van der Waals surface area (Å²) in [6.07, 6.45) is 3.84. The minimum Gasteiger partial charge on any atom is -0.315 e. The molecule has 3 rings (SSSR count). The minimum absolute atomic E-state index is 0.140. The van der Waals surface area contributed by atoms with E-state index in [0.29, 0.717) is 17.9 Å². The van der Waals surface area contributed by atoms with E-state index in [2.05, 4.69) is 41.2 Å². The van der Waals surface area contributed by atoms with Gasteiger partial charge in [0.05, 0.1) is 6.17 Å². The van der Waals surface area contributed by atoms with Crippen LogP contribution >= 0.6 is 0 Å². The Hall–Kier alpha value is -0.900.